The second kappa shape index (κ2) is 14.6. The standard InChI is InChI=1S/C31H34F3N3O7/c1-5-41-27-16-23(11-14-26(27)42-19(2)3)30(44-29(40)31(32,33)34,43-25-12-9-21(17-35)10-13-25)28(39)36-18-22-7-6-8-24(15-22)37-20(4)38/h6-16,19H,5,17-18,35H2,1-4H3,(H,36,39)(H,37,38). The number of halogens is 3. The van der Waals surface area contributed by atoms with Gasteiger partial charge in [0.2, 0.25) is 5.91 Å². The number of alkyl halides is 3. The van der Waals surface area contributed by atoms with Gasteiger partial charge in [-0.1, -0.05) is 24.3 Å². The molecule has 10 nitrogen and oxygen atoms in total. The Morgan fingerprint density at radius 2 is 1.64 bits per heavy atom. The minimum atomic E-state index is -5.48. The van der Waals surface area contributed by atoms with Gasteiger partial charge in [0.1, 0.15) is 5.75 Å². The number of esters is 1. The molecule has 0 heterocycles. The maximum atomic E-state index is 14.0. The van der Waals surface area contributed by atoms with Gasteiger partial charge in [-0.15, -0.1) is 0 Å². The summed E-state index contributed by atoms with van der Waals surface area (Å²) < 4.78 is 63.2. The number of carbonyl (C=O) groups excluding carboxylic acids is 3. The van der Waals surface area contributed by atoms with Crippen LogP contribution in [0.5, 0.6) is 17.2 Å². The van der Waals surface area contributed by atoms with E-state index in [1.54, 1.807) is 57.2 Å². The highest BCUT2D eigenvalue weighted by molar-refractivity contribution is 5.90. The molecule has 0 fully saturated rings. The van der Waals surface area contributed by atoms with Crippen LogP contribution in [-0.4, -0.2) is 36.7 Å². The number of hydrogen-bond donors (Lipinski definition) is 3. The Hall–Kier alpha value is -4.78. The molecule has 1 unspecified atom stereocenters. The lowest BCUT2D eigenvalue weighted by molar-refractivity contribution is -0.241. The molecule has 0 aliphatic heterocycles. The number of nitrogens with one attached hydrogen (secondary N) is 2. The number of rotatable bonds is 13. The van der Waals surface area contributed by atoms with Gasteiger partial charge in [0.05, 0.1) is 18.3 Å². The maximum absolute atomic E-state index is 14.0. The van der Waals surface area contributed by atoms with Gasteiger partial charge in [0.25, 0.3) is 0 Å². The van der Waals surface area contributed by atoms with E-state index in [1.807, 2.05) is 0 Å². The third-order valence-corrected chi connectivity index (χ3v) is 5.87. The van der Waals surface area contributed by atoms with Crippen molar-refractivity contribution < 1.29 is 46.5 Å². The number of nitrogens with two attached hydrogens (primary N) is 1. The predicted molar refractivity (Wildman–Crippen MR) is 155 cm³/mol. The van der Waals surface area contributed by atoms with Gasteiger partial charge in [0.15, 0.2) is 11.5 Å². The zero-order valence-electron chi connectivity index (χ0n) is 24.6. The van der Waals surface area contributed by atoms with Crippen LogP contribution in [0.25, 0.3) is 0 Å². The molecule has 4 N–H and O–H groups in total. The summed E-state index contributed by atoms with van der Waals surface area (Å²) in [6, 6.07) is 16.1. The van der Waals surface area contributed by atoms with Crippen LogP contribution in [0, 0.1) is 0 Å². The van der Waals surface area contributed by atoms with Crippen LogP contribution in [-0.2, 0) is 38.0 Å². The van der Waals surface area contributed by atoms with Crippen LogP contribution >= 0.6 is 0 Å². The third-order valence-electron chi connectivity index (χ3n) is 5.87. The molecule has 0 radical (unpaired) electrons. The van der Waals surface area contributed by atoms with Crippen LogP contribution in [0.15, 0.2) is 66.7 Å². The van der Waals surface area contributed by atoms with Crippen molar-refractivity contribution >= 4 is 23.5 Å². The Morgan fingerprint density at radius 1 is 0.932 bits per heavy atom. The fraction of sp³-hybridized carbons (Fsp3) is 0.323. The van der Waals surface area contributed by atoms with Crippen molar-refractivity contribution in [1.29, 1.82) is 0 Å². The Labute approximate surface area is 252 Å². The molecule has 0 aliphatic carbocycles. The van der Waals surface area contributed by atoms with Gasteiger partial charge in [-0.25, -0.2) is 4.79 Å². The minimum absolute atomic E-state index is 0.0732. The molecule has 1 atom stereocenters. The summed E-state index contributed by atoms with van der Waals surface area (Å²) in [7, 11) is 0. The summed E-state index contributed by atoms with van der Waals surface area (Å²) in [5, 5.41) is 5.11. The first-order chi connectivity index (χ1) is 20.8. The molecular weight excluding hydrogens is 583 g/mol. The molecule has 0 aliphatic rings. The van der Waals surface area contributed by atoms with Crippen molar-refractivity contribution in [3.05, 3.63) is 83.4 Å². The molecule has 0 bridgehead atoms. The molecule has 0 spiro atoms. The third kappa shape index (κ3) is 8.86. The van der Waals surface area contributed by atoms with Crippen molar-refractivity contribution in [2.24, 2.45) is 5.73 Å². The summed E-state index contributed by atoms with van der Waals surface area (Å²) >= 11 is 0. The smallest absolute Gasteiger partial charge is 0.490 e. The fourth-order valence-electron chi connectivity index (χ4n) is 4.00. The molecule has 0 saturated heterocycles. The Balaban J connectivity index is 2.17. The van der Waals surface area contributed by atoms with Crippen LogP contribution in [0.1, 0.15) is 44.4 Å². The molecule has 13 heteroatoms. The van der Waals surface area contributed by atoms with Crippen LogP contribution in [0.3, 0.4) is 0 Å². The highest BCUT2D eigenvalue weighted by Crippen LogP contribution is 2.38. The predicted octanol–water partition coefficient (Wildman–Crippen LogP) is 4.94. The Kier molecular flexibility index (Phi) is 11.2. The first kappa shape index (κ1) is 33.7. The summed E-state index contributed by atoms with van der Waals surface area (Å²) in [5.74, 6) is -7.00. The summed E-state index contributed by atoms with van der Waals surface area (Å²) in [6.45, 7) is 6.61. The van der Waals surface area contributed by atoms with E-state index in [2.05, 4.69) is 10.6 Å². The molecule has 236 valence electrons. The summed E-state index contributed by atoms with van der Waals surface area (Å²) in [4.78, 5) is 37.8. The topological polar surface area (TPSA) is 138 Å². The van der Waals surface area contributed by atoms with E-state index >= 15 is 0 Å². The van der Waals surface area contributed by atoms with Gasteiger partial charge in [-0.05, 0) is 74.4 Å². The molecule has 0 saturated carbocycles. The highest BCUT2D eigenvalue weighted by Gasteiger charge is 2.54. The van der Waals surface area contributed by atoms with Gasteiger partial charge in [0, 0.05) is 25.7 Å². The normalized spacial score (nSPS) is 12.6. The quantitative estimate of drug-likeness (QED) is 0.181. The number of hydrogen-bond acceptors (Lipinski definition) is 8. The van der Waals surface area contributed by atoms with E-state index in [0.29, 0.717) is 16.8 Å². The van der Waals surface area contributed by atoms with Crippen molar-refractivity contribution in [1.82, 2.24) is 5.32 Å². The van der Waals surface area contributed by atoms with Crippen molar-refractivity contribution in [3.8, 4) is 17.2 Å². The zero-order valence-corrected chi connectivity index (χ0v) is 24.6. The highest BCUT2D eigenvalue weighted by atomic mass is 19.4. The fourth-order valence-corrected chi connectivity index (χ4v) is 4.00. The SMILES string of the molecule is CCOc1cc(C(OC(=O)C(F)(F)F)(Oc2ccc(CN)cc2)C(=O)NCc2cccc(NC(C)=O)c2)ccc1OC(C)C. The van der Waals surface area contributed by atoms with Gasteiger partial charge >= 0.3 is 23.8 Å². The first-order valence-corrected chi connectivity index (χ1v) is 13.6. The second-order valence-electron chi connectivity index (χ2n) is 9.78. The molecule has 3 aromatic carbocycles. The van der Waals surface area contributed by atoms with Crippen LogP contribution in [0.2, 0.25) is 0 Å². The lowest BCUT2D eigenvalue weighted by Gasteiger charge is -2.33. The monoisotopic (exact) mass is 617 g/mol. The zero-order chi connectivity index (χ0) is 32.5. The van der Waals surface area contributed by atoms with Gasteiger partial charge in [-0.2, -0.15) is 13.2 Å². The van der Waals surface area contributed by atoms with Crippen molar-refractivity contribution in [2.75, 3.05) is 11.9 Å². The number of amides is 2. The summed E-state index contributed by atoms with van der Waals surface area (Å²) in [6.07, 6.45) is -5.77. The lowest BCUT2D eigenvalue weighted by Crippen LogP contribution is -2.53. The average molecular weight is 618 g/mol. The first-order valence-electron chi connectivity index (χ1n) is 13.6. The number of carbonyl (C=O) groups is 3. The Bertz CT molecular complexity index is 1460. The molecule has 3 rings (SSSR count). The summed E-state index contributed by atoms with van der Waals surface area (Å²) in [5.41, 5.74) is 6.95. The average Bonchev–Trinajstić information content (AvgIpc) is 2.96. The van der Waals surface area contributed by atoms with E-state index in [-0.39, 0.29) is 54.5 Å². The number of anilines is 1. The maximum Gasteiger partial charge on any atom is 0.491 e. The van der Waals surface area contributed by atoms with Crippen molar-refractivity contribution in [2.45, 2.75) is 58.9 Å². The lowest BCUT2D eigenvalue weighted by atomic mass is 10.0. The van der Waals surface area contributed by atoms with E-state index in [9.17, 15) is 27.6 Å². The molecule has 0 aromatic heterocycles. The van der Waals surface area contributed by atoms with Gasteiger partial charge < -0.3 is 35.3 Å². The molecule has 2 amide bonds. The Morgan fingerprint density at radius 3 is 2.23 bits per heavy atom. The number of benzene rings is 3. The largest absolute Gasteiger partial charge is 0.491 e. The van der Waals surface area contributed by atoms with E-state index < -0.39 is 23.8 Å². The van der Waals surface area contributed by atoms with E-state index in [1.165, 1.54) is 37.3 Å². The van der Waals surface area contributed by atoms with Crippen molar-refractivity contribution in [3.63, 3.8) is 0 Å². The van der Waals surface area contributed by atoms with Crippen LogP contribution in [0.4, 0.5) is 18.9 Å². The molecule has 3 aromatic rings. The van der Waals surface area contributed by atoms with E-state index in [4.69, 9.17) is 24.7 Å². The number of ether oxygens (including phenoxy) is 4. The molecule has 44 heavy (non-hydrogen) atoms. The van der Waals surface area contributed by atoms with Gasteiger partial charge in [-0.3, -0.25) is 9.59 Å². The van der Waals surface area contributed by atoms with E-state index in [0.717, 1.165) is 0 Å². The molecular formula is C31H34F3N3O7. The minimum Gasteiger partial charge on any atom is -0.490 e. The second-order valence-corrected chi connectivity index (χ2v) is 9.78. The van der Waals surface area contributed by atoms with Crippen LogP contribution < -0.4 is 30.6 Å².